The van der Waals surface area contributed by atoms with Crippen LogP contribution < -0.4 is 10.6 Å². The van der Waals surface area contributed by atoms with Gasteiger partial charge in [0.2, 0.25) is 5.91 Å². The second-order valence-corrected chi connectivity index (χ2v) is 4.95. The number of nitrogens with zero attached hydrogens (tertiary/aromatic N) is 1. The number of benzene rings is 1. The second kappa shape index (κ2) is 5.77. The molecule has 0 saturated heterocycles. The number of para-hydroxylation sites is 1. The predicted molar refractivity (Wildman–Crippen MR) is 77.6 cm³/mol. The normalized spacial score (nSPS) is 16.5. The summed E-state index contributed by atoms with van der Waals surface area (Å²) in [7, 11) is 0. The smallest absolute Gasteiger partial charge is 0.229 e. The zero-order valence-electron chi connectivity index (χ0n) is 11.2. The SMILES string of the molecule is O=C(NCCCc1ncc[nH]1)C1CNc2ccccc21. The van der Waals surface area contributed by atoms with Crippen LogP contribution in [0.25, 0.3) is 0 Å². The number of H-pyrrole nitrogens is 1. The van der Waals surface area contributed by atoms with Crippen LogP contribution >= 0.6 is 0 Å². The molecule has 5 heteroatoms. The quantitative estimate of drug-likeness (QED) is 0.724. The third-order valence-corrected chi connectivity index (χ3v) is 3.59. The number of anilines is 1. The number of aryl methyl sites for hydroxylation is 1. The number of carbonyl (C=O) groups excluding carboxylic acids is 1. The van der Waals surface area contributed by atoms with Crippen molar-refractivity contribution >= 4 is 11.6 Å². The molecule has 1 aliphatic heterocycles. The zero-order chi connectivity index (χ0) is 13.8. The molecule has 2 heterocycles. The summed E-state index contributed by atoms with van der Waals surface area (Å²) in [5, 5.41) is 6.28. The molecule has 5 nitrogen and oxygen atoms in total. The van der Waals surface area contributed by atoms with Gasteiger partial charge in [0, 0.05) is 37.6 Å². The highest BCUT2D eigenvalue weighted by Gasteiger charge is 2.27. The van der Waals surface area contributed by atoms with Crippen molar-refractivity contribution in [3.8, 4) is 0 Å². The summed E-state index contributed by atoms with van der Waals surface area (Å²) in [5.41, 5.74) is 2.17. The van der Waals surface area contributed by atoms with Crippen molar-refractivity contribution in [2.75, 3.05) is 18.4 Å². The Morgan fingerprint density at radius 2 is 2.30 bits per heavy atom. The Bertz CT molecular complexity index is 579. The number of carbonyl (C=O) groups is 1. The second-order valence-electron chi connectivity index (χ2n) is 4.95. The molecule has 0 saturated carbocycles. The van der Waals surface area contributed by atoms with Crippen molar-refractivity contribution in [2.45, 2.75) is 18.8 Å². The summed E-state index contributed by atoms with van der Waals surface area (Å²) in [4.78, 5) is 19.4. The van der Waals surface area contributed by atoms with Crippen LogP contribution in [0.3, 0.4) is 0 Å². The van der Waals surface area contributed by atoms with Gasteiger partial charge in [-0.1, -0.05) is 18.2 Å². The van der Waals surface area contributed by atoms with Gasteiger partial charge in [0.05, 0.1) is 5.92 Å². The number of aromatic nitrogens is 2. The highest BCUT2D eigenvalue weighted by atomic mass is 16.1. The molecule has 2 aromatic rings. The molecule has 3 N–H and O–H groups in total. The third-order valence-electron chi connectivity index (χ3n) is 3.59. The monoisotopic (exact) mass is 270 g/mol. The third kappa shape index (κ3) is 2.66. The highest BCUT2D eigenvalue weighted by Crippen LogP contribution is 2.30. The number of imidazole rings is 1. The molecule has 0 bridgehead atoms. The van der Waals surface area contributed by atoms with E-state index in [0.29, 0.717) is 13.1 Å². The fraction of sp³-hybridized carbons (Fsp3) is 0.333. The maximum absolute atomic E-state index is 12.2. The Balaban J connectivity index is 1.48. The summed E-state index contributed by atoms with van der Waals surface area (Å²) in [6, 6.07) is 7.99. The van der Waals surface area contributed by atoms with Crippen molar-refractivity contribution < 1.29 is 4.79 Å². The predicted octanol–water partition coefficient (Wildman–Crippen LogP) is 1.67. The topological polar surface area (TPSA) is 69.8 Å². The Morgan fingerprint density at radius 1 is 1.40 bits per heavy atom. The van der Waals surface area contributed by atoms with Crippen LogP contribution in [0.15, 0.2) is 36.7 Å². The molecule has 1 aliphatic rings. The first-order valence-electron chi connectivity index (χ1n) is 6.93. The van der Waals surface area contributed by atoms with E-state index >= 15 is 0 Å². The Morgan fingerprint density at radius 3 is 3.15 bits per heavy atom. The summed E-state index contributed by atoms with van der Waals surface area (Å²) < 4.78 is 0. The largest absolute Gasteiger partial charge is 0.384 e. The fourth-order valence-corrected chi connectivity index (χ4v) is 2.54. The molecule has 1 aromatic carbocycles. The van der Waals surface area contributed by atoms with Crippen LogP contribution in [0.1, 0.15) is 23.7 Å². The number of hydrogen-bond acceptors (Lipinski definition) is 3. The van der Waals surface area contributed by atoms with Crippen LogP contribution in [-0.4, -0.2) is 29.0 Å². The van der Waals surface area contributed by atoms with E-state index in [2.05, 4.69) is 20.6 Å². The van der Waals surface area contributed by atoms with E-state index in [-0.39, 0.29) is 11.8 Å². The Kier molecular flexibility index (Phi) is 3.67. The zero-order valence-corrected chi connectivity index (χ0v) is 11.2. The molecule has 0 spiro atoms. The number of amides is 1. The first kappa shape index (κ1) is 12.7. The average molecular weight is 270 g/mol. The van der Waals surface area contributed by atoms with Gasteiger partial charge in [0.15, 0.2) is 0 Å². The van der Waals surface area contributed by atoms with Gasteiger partial charge >= 0.3 is 0 Å². The lowest BCUT2D eigenvalue weighted by atomic mass is 10.0. The van der Waals surface area contributed by atoms with Gasteiger partial charge in [-0.15, -0.1) is 0 Å². The molecule has 104 valence electrons. The average Bonchev–Trinajstić information content (AvgIpc) is 3.12. The highest BCUT2D eigenvalue weighted by molar-refractivity contribution is 5.88. The minimum Gasteiger partial charge on any atom is -0.384 e. The Labute approximate surface area is 117 Å². The van der Waals surface area contributed by atoms with E-state index in [1.54, 1.807) is 6.20 Å². The maximum Gasteiger partial charge on any atom is 0.229 e. The molecule has 20 heavy (non-hydrogen) atoms. The van der Waals surface area contributed by atoms with E-state index in [1.165, 1.54) is 0 Å². The minimum absolute atomic E-state index is 0.0742. The number of aromatic amines is 1. The lowest BCUT2D eigenvalue weighted by molar-refractivity contribution is -0.122. The number of hydrogen-bond donors (Lipinski definition) is 3. The van der Waals surface area contributed by atoms with Gasteiger partial charge in [-0.05, 0) is 18.1 Å². The van der Waals surface area contributed by atoms with Crippen LogP contribution in [0.4, 0.5) is 5.69 Å². The van der Waals surface area contributed by atoms with Crippen LogP contribution in [-0.2, 0) is 11.2 Å². The van der Waals surface area contributed by atoms with E-state index < -0.39 is 0 Å². The molecule has 0 fully saturated rings. The van der Waals surface area contributed by atoms with Gasteiger partial charge < -0.3 is 15.6 Å². The van der Waals surface area contributed by atoms with Crippen molar-refractivity contribution in [2.24, 2.45) is 0 Å². The summed E-state index contributed by atoms with van der Waals surface area (Å²) in [6.45, 7) is 1.36. The molecule has 1 unspecified atom stereocenters. The molecular formula is C15H18N4O. The Hall–Kier alpha value is -2.30. The van der Waals surface area contributed by atoms with Gasteiger partial charge in [-0.2, -0.15) is 0 Å². The molecule has 1 atom stereocenters. The van der Waals surface area contributed by atoms with Crippen LogP contribution in [0, 0.1) is 0 Å². The first-order valence-corrected chi connectivity index (χ1v) is 6.93. The van der Waals surface area contributed by atoms with Crippen LogP contribution in [0.2, 0.25) is 0 Å². The van der Waals surface area contributed by atoms with Gasteiger partial charge in [0.1, 0.15) is 5.82 Å². The summed E-state index contributed by atoms with van der Waals surface area (Å²) >= 11 is 0. The lowest BCUT2D eigenvalue weighted by Crippen LogP contribution is -2.31. The summed E-state index contributed by atoms with van der Waals surface area (Å²) in [5.74, 6) is 0.990. The minimum atomic E-state index is -0.0742. The van der Waals surface area contributed by atoms with E-state index in [4.69, 9.17) is 0 Å². The van der Waals surface area contributed by atoms with Crippen molar-refractivity contribution in [1.82, 2.24) is 15.3 Å². The van der Waals surface area contributed by atoms with E-state index in [9.17, 15) is 4.79 Å². The molecular weight excluding hydrogens is 252 g/mol. The molecule has 1 amide bonds. The fourth-order valence-electron chi connectivity index (χ4n) is 2.54. The van der Waals surface area contributed by atoms with E-state index in [1.807, 2.05) is 30.5 Å². The molecule has 0 radical (unpaired) electrons. The van der Waals surface area contributed by atoms with Crippen molar-refractivity contribution in [3.05, 3.63) is 48.0 Å². The molecule has 0 aliphatic carbocycles. The molecule has 1 aromatic heterocycles. The van der Waals surface area contributed by atoms with Crippen LogP contribution in [0.5, 0.6) is 0 Å². The number of nitrogens with one attached hydrogen (secondary N) is 3. The molecule has 3 rings (SSSR count). The number of rotatable bonds is 5. The maximum atomic E-state index is 12.2. The van der Waals surface area contributed by atoms with Gasteiger partial charge in [0.25, 0.3) is 0 Å². The first-order chi connectivity index (χ1) is 9.84. The van der Waals surface area contributed by atoms with Gasteiger partial charge in [-0.25, -0.2) is 4.98 Å². The van der Waals surface area contributed by atoms with Gasteiger partial charge in [-0.3, -0.25) is 4.79 Å². The van der Waals surface area contributed by atoms with Crippen molar-refractivity contribution in [1.29, 1.82) is 0 Å². The standard InChI is InChI=1S/C15H18N4O/c20-15(18-7-3-6-14-16-8-9-17-14)12-10-19-13-5-2-1-4-11(12)13/h1-2,4-5,8-9,12,19H,3,6-7,10H2,(H,16,17)(H,18,20). The van der Waals surface area contributed by atoms with E-state index in [0.717, 1.165) is 29.9 Å². The van der Waals surface area contributed by atoms with Crippen molar-refractivity contribution in [3.63, 3.8) is 0 Å². The summed E-state index contributed by atoms with van der Waals surface area (Å²) in [6.07, 6.45) is 5.30. The lowest BCUT2D eigenvalue weighted by Gasteiger charge is -2.10. The number of fused-ring (bicyclic) bond motifs is 1.